The highest BCUT2D eigenvalue weighted by Crippen LogP contribution is 2.21. The lowest BCUT2D eigenvalue weighted by molar-refractivity contribution is 0.391. The molecule has 3 heterocycles. The minimum absolute atomic E-state index is 0.0236. The second-order valence-corrected chi connectivity index (χ2v) is 8.73. The molecule has 2 N–H and O–H groups in total. The van der Waals surface area contributed by atoms with Gasteiger partial charge in [0.1, 0.15) is 10.7 Å². The zero-order chi connectivity index (χ0) is 21.7. The van der Waals surface area contributed by atoms with Gasteiger partial charge in [0.2, 0.25) is 10.0 Å². The summed E-state index contributed by atoms with van der Waals surface area (Å²) in [6, 6.07) is 21.4. The van der Waals surface area contributed by atoms with E-state index in [9.17, 15) is 8.42 Å². The summed E-state index contributed by atoms with van der Waals surface area (Å²) in [5.74, 6) is 0.322. The molecule has 0 saturated carbocycles. The lowest BCUT2D eigenvalue weighted by atomic mass is 10.1. The lowest BCUT2D eigenvalue weighted by Gasteiger charge is -2.21. The Morgan fingerprint density at radius 1 is 0.806 bits per heavy atom. The number of anilines is 1. The maximum Gasteiger partial charge on any atom is 0.245 e. The zero-order valence-corrected chi connectivity index (χ0v) is 17.4. The topological polar surface area (TPSA) is 115 Å². The molecule has 0 spiro atoms. The van der Waals surface area contributed by atoms with Crippen LogP contribution < -0.4 is 5.73 Å². The summed E-state index contributed by atoms with van der Waals surface area (Å²) in [5.41, 5.74) is 8.45. The van der Waals surface area contributed by atoms with Gasteiger partial charge >= 0.3 is 0 Å². The Kier molecular flexibility index (Phi) is 5.96. The maximum atomic E-state index is 13.3. The molecule has 3 aromatic heterocycles. The molecule has 1 aromatic carbocycles. The summed E-state index contributed by atoms with van der Waals surface area (Å²) < 4.78 is 27.9. The van der Waals surface area contributed by atoms with Gasteiger partial charge in [0.05, 0.1) is 30.2 Å². The number of rotatable bonds is 7. The quantitative estimate of drug-likeness (QED) is 0.477. The van der Waals surface area contributed by atoms with E-state index in [0.717, 1.165) is 5.56 Å². The van der Waals surface area contributed by atoms with E-state index in [1.165, 1.54) is 22.8 Å². The average molecular weight is 433 g/mol. The van der Waals surface area contributed by atoms with Crippen molar-refractivity contribution in [2.75, 3.05) is 5.73 Å². The molecule has 9 heteroatoms. The number of nitrogens with two attached hydrogens (primary N) is 1. The van der Waals surface area contributed by atoms with Gasteiger partial charge in [0.15, 0.2) is 0 Å². The average Bonchev–Trinajstić information content (AvgIpc) is 2.80. The summed E-state index contributed by atoms with van der Waals surface area (Å²) in [6.45, 7) is 0.0557. The molecule has 0 aliphatic carbocycles. The van der Waals surface area contributed by atoms with Crippen LogP contribution in [0.3, 0.4) is 0 Å². The fourth-order valence-electron chi connectivity index (χ4n) is 3.03. The molecule has 0 fully saturated rings. The van der Waals surface area contributed by atoms with E-state index in [2.05, 4.69) is 20.2 Å². The molecular formula is C22H20N6O2S. The van der Waals surface area contributed by atoms with Crippen molar-refractivity contribution in [3.63, 3.8) is 0 Å². The van der Waals surface area contributed by atoms with E-state index in [4.69, 9.17) is 5.73 Å². The van der Waals surface area contributed by atoms with Crippen molar-refractivity contribution in [1.29, 1.82) is 0 Å². The number of hydrogen-bond donors (Lipinski definition) is 1. The summed E-state index contributed by atoms with van der Waals surface area (Å²) in [7, 11) is -3.85. The van der Waals surface area contributed by atoms with Crippen LogP contribution in [0, 0.1) is 0 Å². The van der Waals surface area contributed by atoms with Crippen molar-refractivity contribution in [2.24, 2.45) is 0 Å². The third kappa shape index (κ3) is 4.90. The predicted octanol–water partition coefficient (Wildman–Crippen LogP) is 2.91. The number of benzene rings is 1. The Hall–Kier alpha value is -3.69. The Bertz CT molecular complexity index is 1250. The Balaban J connectivity index is 1.64. The van der Waals surface area contributed by atoms with Crippen LogP contribution >= 0.6 is 0 Å². The molecule has 8 nitrogen and oxygen atoms in total. The van der Waals surface area contributed by atoms with E-state index >= 15 is 0 Å². The van der Waals surface area contributed by atoms with E-state index in [1.807, 2.05) is 36.4 Å². The van der Waals surface area contributed by atoms with Gasteiger partial charge in [-0.2, -0.15) is 14.5 Å². The number of nitrogens with zero attached hydrogens (tertiary/aromatic N) is 5. The van der Waals surface area contributed by atoms with Crippen LogP contribution in [0.1, 0.15) is 11.4 Å². The summed E-state index contributed by atoms with van der Waals surface area (Å²) in [4.78, 5) is 8.26. The molecule has 156 valence electrons. The van der Waals surface area contributed by atoms with Crippen molar-refractivity contribution < 1.29 is 8.42 Å². The maximum absolute atomic E-state index is 13.3. The minimum atomic E-state index is -3.85. The van der Waals surface area contributed by atoms with Crippen LogP contribution in [0.5, 0.6) is 0 Å². The van der Waals surface area contributed by atoms with Crippen LogP contribution in [0.2, 0.25) is 0 Å². The second kappa shape index (κ2) is 8.99. The normalized spacial score (nSPS) is 11.5. The highest BCUT2D eigenvalue weighted by atomic mass is 32.2. The summed E-state index contributed by atoms with van der Waals surface area (Å²) in [6.07, 6.45) is 2.84. The third-order valence-electron chi connectivity index (χ3n) is 4.57. The van der Waals surface area contributed by atoms with Gasteiger partial charge in [0, 0.05) is 18.0 Å². The molecule has 0 atom stereocenters. The monoisotopic (exact) mass is 432 g/mol. The lowest BCUT2D eigenvalue weighted by Crippen LogP contribution is -2.31. The molecule has 0 aliphatic heterocycles. The minimum Gasteiger partial charge on any atom is -0.384 e. The Morgan fingerprint density at radius 3 is 2.29 bits per heavy atom. The molecule has 0 unspecified atom stereocenters. The van der Waals surface area contributed by atoms with Crippen molar-refractivity contribution >= 4 is 15.8 Å². The number of aromatic nitrogens is 4. The van der Waals surface area contributed by atoms with Crippen molar-refractivity contribution in [3.8, 4) is 11.3 Å². The first-order chi connectivity index (χ1) is 15.0. The highest BCUT2D eigenvalue weighted by Gasteiger charge is 2.26. The Morgan fingerprint density at radius 2 is 1.61 bits per heavy atom. The number of nitrogen functional groups attached to an aromatic ring is 1. The van der Waals surface area contributed by atoms with Gasteiger partial charge in [-0.3, -0.25) is 4.98 Å². The second-order valence-electron chi connectivity index (χ2n) is 6.79. The molecular weight excluding hydrogens is 412 g/mol. The highest BCUT2D eigenvalue weighted by molar-refractivity contribution is 7.89. The largest absolute Gasteiger partial charge is 0.384 e. The zero-order valence-electron chi connectivity index (χ0n) is 16.5. The number of sulfonamides is 1. The molecule has 0 aliphatic rings. The first-order valence-corrected chi connectivity index (χ1v) is 11.0. The van der Waals surface area contributed by atoms with Crippen LogP contribution in [-0.2, 0) is 23.1 Å². The van der Waals surface area contributed by atoms with Crippen LogP contribution in [0.15, 0.2) is 90.1 Å². The van der Waals surface area contributed by atoms with Gasteiger partial charge in [-0.1, -0.05) is 36.4 Å². The van der Waals surface area contributed by atoms with Crippen molar-refractivity contribution in [3.05, 3.63) is 96.6 Å². The van der Waals surface area contributed by atoms with Gasteiger partial charge in [-0.05, 0) is 36.4 Å². The Labute approximate surface area is 180 Å². The fourth-order valence-corrected chi connectivity index (χ4v) is 4.38. The van der Waals surface area contributed by atoms with Crippen LogP contribution in [0.25, 0.3) is 11.3 Å². The fraction of sp³-hybridized carbons (Fsp3) is 0.0909. The van der Waals surface area contributed by atoms with Crippen LogP contribution in [-0.4, -0.2) is 32.9 Å². The SMILES string of the molecule is Nc1cccc(CN(Cc2ccc(-c3ccccc3)nn2)S(=O)(=O)c2cccnc2)n1. The third-order valence-corrected chi connectivity index (χ3v) is 6.34. The van der Waals surface area contributed by atoms with Gasteiger partial charge in [0.25, 0.3) is 0 Å². The standard InChI is InChI=1S/C22H20N6O2S/c23-22-10-4-8-18(25-22)15-28(31(29,30)20-9-5-13-24-14-20)16-19-11-12-21(27-26-19)17-6-2-1-3-7-17/h1-14H,15-16H2,(H2,23,25). The summed E-state index contributed by atoms with van der Waals surface area (Å²) in [5, 5.41) is 8.50. The van der Waals surface area contributed by atoms with E-state index < -0.39 is 10.0 Å². The van der Waals surface area contributed by atoms with Crippen molar-refractivity contribution in [1.82, 2.24) is 24.5 Å². The molecule has 4 aromatic rings. The number of hydrogen-bond acceptors (Lipinski definition) is 7. The van der Waals surface area contributed by atoms with E-state index in [1.54, 1.807) is 30.3 Å². The first-order valence-electron chi connectivity index (χ1n) is 9.52. The van der Waals surface area contributed by atoms with Gasteiger partial charge in [-0.25, -0.2) is 13.4 Å². The molecule has 0 bridgehead atoms. The summed E-state index contributed by atoms with van der Waals surface area (Å²) >= 11 is 0. The number of pyridine rings is 2. The van der Waals surface area contributed by atoms with Gasteiger partial charge < -0.3 is 5.73 Å². The molecule has 4 rings (SSSR count). The van der Waals surface area contributed by atoms with Gasteiger partial charge in [-0.15, -0.1) is 0 Å². The smallest absolute Gasteiger partial charge is 0.245 e. The van der Waals surface area contributed by atoms with Crippen molar-refractivity contribution in [2.45, 2.75) is 18.0 Å². The first kappa shape index (κ1) is 20.6. The molecule has 0 amide bonds. The molecule has 0 radical (unpaired) electrons. The van der Waals surface area contributed by atoms with E-state index in [0.29, 0.717) is 22.9 Å². The molecule has 0 saturated heterocycles. The van der Waals surface area contributed by atoms with Crippen LogP contribution in [0.4, 0.5) is 5.82 Å². The van der Waals surface area contributed by atoms with E-state index in [-0.39, 0.29) is 18.0 Å². The molecule has 31 heavy (non-hydrogen) atoms. The predicted molar refractivity (Wildman–Crippen MR) is 117 cm³/mol.